The molecule has 8 nitrogen and oxygen atoms in total. The molecule has 4 aromatic carbocycles. The van der Waals surface area contributed by atoms with Crippen LogP contribution in [-0.4, -0.2) is 32.0 Å². The Morgan fingerprint density at radius 2 is 1.51 bits per heavy atom. The number of rotatable bonds is 6. The number of amides is 2. The van der Waals surface area contributed by atoms with Gasteiger partial charge in [0.15, 0.2) is 0 Å². The van der Waals surface area contributed by atoms with Crippen LogP contribution in [0.4, 0.5) is 0 Å². The fourth-order valence-corrected chi connectivity index (χ4v) is 3.80. The van der Waals surface area contributed by atoms with E-state index in [-0.39, 0.29) is 12.3 Å². The van der Waals surface area contributed by atoms with Gasteiger partial charge in [-0.05, 0) is 39.2 Å². The number of aromatic nitrogens is 4. The Kier molecular flexibility index (Phi) is 6.25. The minimum atomic E-state index is -0.395. The predicted molar refractivity (Wildman–Crippen MR) is 132 cm³/mol. The quantitative estimate of drug-likeness (QED) is 0.376. The van der Waals surface area contributed by atoms with Crippen LogP contribution in [0.1, 0.15) is 21.5 Å². The van der Waals surface area contributed by atoms with Gasteiger partial charge >= 0.3 is 0 Å². The summed E-state index contributed by atoms with van der Waals surface area (Å²) in [7, 11) is 0. The van der Waals surface area contributed by atoms with Crippen molar-refractivity contribution in [2.24, 2.45) is 0 Å². The molecule has 0 saturated carbocycles. The Balaban J connectivity index is 1.16. The summed E-state index contributed by atoms with van der Waals surface area (Å²) in [5, 5.41) is 14.7. The van der Waals surface area contributed by atoms with E-state index in [1.54, 1.807) is 12.1 Å². The van der Waals surface area contributed by atoms with E-state index in [1.165, 1.54) is 4.80 Å². The first kappa shape index (κ1) is 22.0. The second kappa shape index (κ2) is 9.96. The molecule has 0 aliphatic carbocycles. The summed E-state index contributed by atoms with van der Waals surface area (Å²) in [6.07, 6.45) is 0.163. The molecule has 2 N–H and O–H groups in total. The topological polar surface area (TPSA) is 102 Å². The van der Waals surface area contributed by atoms with E-state index in [2.05, 4.69) is 26.3 Å². The SMILES string of the molecule is O=C(Cc1cccc2ccccc12)NNC(=O)c1ccc(Cn2nnc(-c3ccccc3)n2)cc1. The van der Waals surface area contributed by atoms with Crippen molar-refractivity contribution in [1.29, 1.82) is 0 Å². The smallest absolute Gasteiger partial charge is 0.269 e. The van der Waals surface area contributed by atoms with Gasteiger partial charge < -0.3 is 0 Å². The maximum atomic E-state index is 12.5. The molecule has 1 aromatic heterocycles. The van der Waals surface area contributed by atoms with Crippen molar-refractivity contribution in [2.75, 3.05) is 0 Å². The van der Waals surface area contributed by atoms with E-state index in [9.17, 15) is 9.59 Å². The lowest BCUT2D eigenvalue weighted by molar-refractivity contribution is -0.121. The summed E-state index contributed by atoms with van der Waals surface area (Å²) in [4.78, 5) is 26.4. The van der Waals surface area contributed by atoms with Gasteiger partial charge in [0, 0.05) is 11.1 Å². The van der Waals surface area contributed by atoms with Crippen LogP contribution in [0.3, 0.4) is 0 Å². The summed E-state index contributed by atoms with van der Waals surface area (Å²) in [5.74, 6) is -0.133. The number of hydrazine groups is 1. The number of nitrogens with zero attached hydrogens (tertiary/aromatic N) is 4. The third kappa shape index (κ3) is 5.22. The molecule has 0 radical (unpaired) electrons. The van der Waals surface area contributed by atoms with Crippen molar-refractivity contribution >= 4 is 22.6 Å². The molecule has 0 aliphatic heterocycles. The molecule has 0 spiro atoms. The van der Waals surface area contributed by atoms with Crippen molar-refractivity contribution in [2.45, 2.75) is 13.0 Å². The Bertz CT molecular complexity index is 1470. The van der Waals surface area contributed by atoms with E-state index in [0.717, 1.165) is 27.5 Å². The van der Waals surface area contributed by atoms with Gasteiger partial charge in [-0.25, -0.2) is 0 Å². The molecule has 5 aromatic rings. The molecule has 35 heavy (non-hydrogen) atoms. The van der Waals surface area contributed by atoms with Crippen LogP contribution in [-0.2, 0) is 17.8 Å². The number of hydrogen-bond acceptors (Lipinski definition) is 5. The van der Waals surface area contributed by atoms with E-state index in [4.69, 9.17) is 0 Å². The zero-order chi connectivity index (χ0) is 24.0. The maximum absolute atomic E-state index is 12.5. The normalized spacial score (nSPS) is 10.7. The van der Waals surface area contributed by atoms with Gasteiger partial charge in [-0.3, -0.25) is 20.4 Å². The van der Waals surface area contributed by atoms with Gasteiger partial charge in [-0.2, -0.15) is 4.80 Å². The highest BCUT2D eigenvalue weighted by molar-refractivity contribution is 5.96. The minimum Gasteiger partial charge on any atom is -0.273 e. The first-order chi connectivity index (χ1) is 17.2. The van der Waals surface area contributed by atoms with Crippen LogP contribution in [0, 0.1) is 0 Å². The molecule has 0 fully saturated rings. The van der Waals surface area contributed by atoms with Crippen molar-refractivity contribution in [3.63, 3.8) is 0 Å². The highest BCUT2D eigenvalue weighted by Gasteiger charge is 2.11. The standard InChI is InChI=1S/C27H22N6O2/c34-25(17-23-11-6-10-20-7-4-5-12-24(20)23)28-30-27(35)22-15-13-19(14-16-22)18-33-31-26(29-32-33)21-8-2-1-3-9-21/h1-16H,17-18H2,(H,28,34)(H,30,35). The van der Waals surface area contributed by atoms with E-state index in [0.29, 0.717) is 17.9 Å². The number of hydrogen-bond donors (Lipinski definition) is 2. The van der Waals surface area contributed by atoms with Crippen molar-refractivity contribution in [3.05, 3.63) is 114 Å². The van der Waals surface area contributed by atoms with Gasteiger partial charge in [-0.1, -0.05) is 84.9 Å². The lowest BCUT2D eigenvalue weighted by Crippen LogP contribution is -2.42. The zero-order valence-corrected chi connectivity index (χ0v) is 18.8. The molecule has 0 bridgehead atoms. The van der Waals surface area contributed by atoms with E-state index >= 15 is 0 Å². The van der Waals surface area contributed by atoms with Crippen molar-refractivity contribution in [3.8, 4) is 11.4 Å². The van der Waals surface area contributed by atoms with Crippen LogP contribution in [0.15, 0.2) is 97.1 Å². The number of fused-ring (bicyclic) bond motifs is 1. The Labute approximate surface area is 201 Å². The summed E-state index contributed by atoms with van der Waals surface area (Å²) in [5.41, 5.74) is 8.11. The largest absolute Gasteiger partial charge is 0.273 e. The van der Waals surface area contributed by atoms with Crippen LogP contribution in [0.25, 0.3) is 22.2 Å². The third-order valence-corrected chi connectivity index (χ3v) is 5.57. The fraction of sp³-hybridized carbons (Fsp3) is 0.0741. The summed E-state index contributed by atoms with van der Waals surface area (Å²) < 4.78 is 0. The number of nitrogens with one attached hydrogen (secondary N) is 2. The zero-order valence-electron chi connectivity index (χ0n) is 18.8. The molecule has 1 heterocycles. The molecule has 0 atom stereocenters. The second-order valence-corrected chi connectivity index (χ2v) is 8.02. The number of benzene rings is 4. The average molecular weight is 463 g/mol. The first-order valence-electron chi connectivity index (χ1n) is 11.1. The average Bonchev–Trinajstić information content (AvgIpc) is 3.37. The van der Waals surface area contributed by atoms with E-state index in [1.807, 2.05) is 84.9 Å². The van der Waals surface area contributed by atoms with Gasteiger partial charge in [0.25, 0.3) is 5.91 Å². The fourth-order valence-electron chi connectivity index (χ4n) is 3.80. The van der Waals surface area contributed by atoms with Crippen LogP contribution >= 0.6 is 0 Å². The molecule has 0 unspecified atom stereocenters. The molecule has 0 aliphatic rings. The molecule has 8 heteroatoms. The maximum Gasteiger partial charge on any atom is 0.269 e. The predicted octanol–water partition coefficient (Wildman–Crippen LogP) is 3.55. The molecule has 0 saturated heterocycles. The molecular formula is C27H22N6O2. The summed E-state index contributed by atoms with van der Waals surface area (Å²) in [6, 6.07) is 30.4. The number of tetrazole rings is 1. The van der Waals surface area contributed by atoms with Gasteiger partial charge in [-0.15, -0.1) is 10.2 Å². The van der Waals surface area contributed by atoms with Crippen molar-refractivity contribution < 1.29 is 9.59 Å². The second-order valence-electron chi connectivity index (χ2n) is 8.02. The minimum absolute atomic E-state index is 0.163. The lowest BCUT2D eigenvalue weighted by atomic mass is 10.0. The molecule has 172 valence electrons. The van der Waals surface area contributed by atoms with Crippen LogP contribution in [0.2, 0.25) is 0 Å². The lowest BCUT2D eigenvalue weighted by Gasteiger charge is -2.09. The molecule has 5 rings (SSSR count). The van der Waals surface area contributed by atoms with E-state index < -0.39 is 5.91 Å². The third-order valence-electron chi connectivity index (χ3n) is 5.57. The Morgan fingerprint density at radius 3 is 2.34 bits per heavy atom. The van der Waals surface area contributed by atoms with Gasteiger partial charge in [0.05, 0.1) is 13.0 Å². The Morgan fingerprint density at radius 1 is 0.771 bits per heavy atom. The Hall–Kier alpha value is -4.85. The summed E-state index contributed by atoms with van der Waals surface area (Å²) >= 11 is 0. The summed E-state index contributed by atoms with van der Waals surface area (Å²) in [6.45, 7) is 0.420. The molecule has 2 amide bonds. The van der Waals surface area contributed by atoms with Crippen LogP contribution < -0.4 is 10.9 Å². The van der Waals surface area contributed by atoms with Crippen molar-refractivity contribution in [1.82, 2.24) is 31.1 Å². The number of carbonyl (C=O) groups excluding carboxylic acids is 2. The highest BCUT2D eigenvalue weighted by atomic mass is 16.2. The first-order valence-corrected chi connectivity index (χ1v) is 11.1. The number of carbonyl (C=O) groups is 2. The van der Waals surface area contributed by atoms with Crippen LogP contribution in [0.5, 0.6) is 0 Å². The van der Waals surface area contributed by atoms with Gasteiger partial charge in [0.2, 0.25) is 11.7 Å². The highest BCUT2D eigenvalue weighted by Crippen LogP contribution is 2.19. The molecular weight excluding hydrogens is 440 g/mol. The van der Waals surface area contributed by atoms with Gasteiger partial charge in [0.1, 0.15) is 0 Å². The monoisotopic (exact) mass is 462 g/mol.